The summed E-state index contributed by atoms with van der Waals surface area (Å²) in [6, 6.07) is 1.67. The predicted octanol–water partition coefficient (Wildman–Crippen LogP) is -1.88. The summed E-state index contributed by atoms with van der Waals surface area (Å²) in [6.07, 6.45) is 0.400. The Kier molecular flexibility index (Phi) is 6.19. The first-order valence-electron chi connectivity index (χ1n) is 3.76. The molecule has 0 aliphatic carbocycles. The van der Waals surface area contributed by atoms with Crippen molar-refractivity contribution in [2.75, 3.05) is 19.7 Å². The van der Waals surface area contributed by atoms with Gasteiger partial charge in [0, 0.05) is 13.2 Å². The van der Waals surface area contributed by atoms with E-state index in [9.17, 15) is 9.59 Å². The van der Waals surface area contributed by atoms with E-state index in [1.165, 1.54) is 0 Å². The number of aliphatic hydroxyl groups is 1. The highest BCUT2D eigenvalue weighted by Gasteiger charge is 2.10. The summed E-state index contributed by atoms with van der Waals surface area (Å²) in [4.78, 5) is 21.6. The number of amides is 2. The van der Waals surface area contributed by atoms with Crippen molar-refractivity contribution in [3.63, 3.8) is 0 Å². The standard InChI is InChI=1S/C7H11N3O3/c8-2-4-10-7(13)6(12)9-3-1-5-11/h11H,1,3-5H2,(H,9,12)(H,10,13). The van der Waals surface area contributed by atoms with Crippen molar-refractivity contribution in [1.82, 2.24) is 10.6 Å². The number of hydrogen-bond donors (Lipinski definition) is 3. The molecule has 0 heterocycles. The van der Waals surface area contributed by atoms with Crippen LogP contribution in [0.1, 0.15) is 6.42 Å². The molecule has 0 saturated carbocycles. The largest absolute Gasteiger partial charge is 0.396 e. The van der Waals surface area contributed by atoms with Gasteiger partial charge in [0.05, 0.1) is 6.07 Å². The molecule has 6 nitrogen and oxygen atoms in total. The lowest BCUT2D eigenvalue weighted by Crippen LogP contribution is -2.40. The number of carbonyl (C=O) groups is 2. The number of nitrogens with zero attached hydrogens (tertiary/aromatic N) is 1. The maximum atomic E-state index is 10.8. The van der Waals surface area contributed by atoms with Crippen LogP contribution in [0.25, 0.3) is 0 Å². The molecule has 0 bridgehead atoms. The Labute approximate surface area is 75.5 Å². The van der Waals surface area contributed by atoms with E-state index in [1.54, 1.807) is 6.07 Å². The molecule has 0 atom stereocenters. The van der Waals surface area contributed by atoms with Crippen molar-refractivity contribution in [1.29, 1.82) is 5.26 Å². The van der Waals surface area contributed by atoms with Crippen molar-refractivity contribution >= 4 is 11.8 Å². The van der Waals surface area contributed by atoms with E-state index in [4.69, 9.17) is 10.4 Å². The van der Waals surface area contributed by atoms with Crippen LogP contribution in [0.5, 0.6) is 0 Å². The molecule has 0 aliphatic heterocycles. The number of rotatable bonds is 4. The van der Waals surface area contributed by atoms with Gasteiger partial charge in [-0.15, -0.1) is 0 Å². The van der Waals surface area contributed by atoms with E-state index in [0.717, 1.165) is 0 Å². The van der Waals surface area contributed by atoms with E-state index >= 15 is 0 Å². The summed E-state index contributed by atoms with van der Waals surface area (Å²) in [5.74, 6) is -1.62. The monoisotopic (exact) mass is 185 g/mol. The number of hydrogen-bond acceptors (Lipinski definition) is 4. The minimum absolute atomic E-state index is 0.0416. The lowest BCUT2D eigenvalue weighted by atomic mass is 10.4. The zero-order valence-electron chi connectivity index (χ0n) is 7.04. The van der Waals surface area contributed by atoms with Gasteiger partial charge in [-0.3, -0.25) is 9.59 Å². The van der Waals surface area contributed by atoms with Crippen molar-refractivity contribution in [3.8, 4) is 6.07 Å². The summed E-state index contributed by atoms with van der Waals surface area (Å²) in [7, 11) is 0. The van der Waals surface area contributed by atoms with Crippen LogP contribution < -0.4 is 10.6 Å². The maximum absolute atomic E-state index is 10.8. The van der Waals surface area contributed by atoms with Gasteiger partial charge in [-0.25, -0.2) is 0 Å². The van der Waals surface area contributed by atoms with Gasteiger partial charge in [0.1, 0.15) is 6.54 Å². The Morgan fingerprint density at radius 2 is 1.92 bits per heavy atom. The molecule has 0 rings (SSSR count). The minimum atomic E-state index is -0.834. The third kappa shape index (κ3) is 5.64. The molecule has 0 aliphatic rings. The second-order valence-electron chi connectivity index (χ2n) is 2.17. The SMILES string of the molecule is N#CCNC(=O)C(=O)NCCCO. The zero-order chi connectivity index (χ0) is 10.1. The van der Waals surface area contributed by atoms with Crippen LogP contribution in [0.4, 0.5) is 0 Å². The molecule has 3 N–H and O–H groups in total. The van der Waals surface area contributed by atoms with Crippen molar-refractivity contribution < 1.29 is 14.7 Å². The maximum Gasteiger partial charge on any atom is 0.310 e. The summed E-state index contributed by atoms with van der Waals surface area (Å²) in [6.45, 7) is 0.0155. The summed E-state index contributed by atoms with van der Waals surface area (Å²) >= 11 is 0. The minimum Gasteiger partial charge on any atom is -0.396 e. The predicted molar refractivity (Wildman–Crippen MR) is 43.3 cm³/mol. The molecule has 0 saturated heterocycles. The van der Waals surface area contributed by atoms with Crippen molar-refractivity contribution in [2.24, 2.45) is 0 Å². The average molecular weight is 185 g/mol. The highest BCUT2D eigenvalue weighted by molar-refractivity contribution is 6.35. The van der Waals surface area contributed by atoms with Crippen molar-refractivity contribution in [3.05, 3.63) is 0 Å². The highest BCUT2D eigenvalue weighted by Crippen LogP contribution is 1.73. The number of carbonyl (C=O) groups excluding carboxylic acids is 2. The number of aliphatic hydroxyl groups excluding tert-OH is 1. The lowest BCUT2D eigenvalue weighted by molar-refractivity contribution is -0.139. The number of nitrogens with one attached hydrogen (secondary N) is 2. The Bertz CT molecular complexity index is 222. The Morgan fingerprint density at radius 1 is 1.31 bits per heavy atom. The average Bonchev–Trinajstić information content (AvgIpc) is 2.14. The van der Waals surface area contributed by atoms with E-state index in [1.807, 2.05) is 0 Å². The summed E-state index contributed by atoms with van der Waals surface area (Å²) in [5, 5.41) is 20.8. The molecule has 0 unspecified atom stereocenters. The fourth-order valence-corrected chi connectivity index (χ4v) is 0.561. The van der Waals surface area contributed by atoms with Gasteiger partial charge in [-0.05, 0) is 6.42 Å². The third-order valence-electron chi connectivity index (χ3n) is 1.15. The van der Waals surface area contributed by atoms with Gasteiger partial charge in [-0.1, -0.05) is 0 Å². The molecular weight excluding hydrogens is 174 g/mol. The third-order valence-corrected chi connectivity index (χ3v) is 1.15. The fraction of sp³-hybridized carbons (Fsp3) is 0.571. The van der Waals surface area contributed by atoms with Crippen LogP contribution in [0.3, 0.4) is 0 Å². The van der Waals surface area contributed by atoms with Crippen molar-refractivity contribution in [2.45, 2.75) is 6.42 Å². The summed E-state index contributed by atoms with van der Waals surface area (Å²) in [5.41, 5.74) is 0. The molecule has 0 aromatic heterocycles. The van der Waals surface area contributed by atoms with Crippen LogP contribution in [0.2, 0.25) is 0 Å². The van der Waals surface area contributed by atoms with Crippen LogP contribution in [-0.2, 0) is 9.59 Å². The first-order valence-corrected chi connectivity index (χ1v) is 3.76. The van der Waals surface area contributed by atoms with E-state index in [2.05, 4.69) is 10.6 Å². The molecule has 0 aromatic carbocycles. The van der Waals surface area contributed by atoms with E-state index in [0.29, 0.717) is 6.42 Å². The van der Waals surface area contributed by atoms with Crippen LogP contribution >= 0.6 is 0 Å². The highest BCUT2D eigenvalue weighted by atomic mass is 16.3. The molecule has 0 spiro atoms. The van der Waals surface area contributed by atoms with Crippen LogP contribution in [0, 0.1) is 11.3 Å². The van der Waals surface area contributed by atoms with E-state index in [-0.39, 0.29) is 19.7 Å². The van der Waals surface area contributed by atoms with Gasteiger partial charge in [0.15, 0.2) is 0 Å². The second-order valence-corrected chi connectivity index (χ2v) is 2.17. The first kappa shape index (κ1) is 11.4. The van der Waals surface area contributed by atoms with Gasteiger partial charge >= 0.3 is 11.8 Å². The Hall–Kier alpha value is -1.61. The number of nitriles is 1. The van der Waals surface area contributed by atoms with Crippen LogP contribution in [0.15, 0.2) is 0 Å². The second kappa shape index (κ2) is 7.06. The fourth-order valence-electron chi connectivity index (χ4n) is 0.561. The van der Waals surface area contributed by atoms with Gasteiger partial charge in [0.2, 0.25) is 0 Å². The molecular formula is C7H11N3O3. The molecule has 2 amide bonds. The molecule has 13 heavy (non-hydrogen) atoms. The van der Waals surface area contributed by atoms with Gasteiger partial charge in [-0.2, -0.15) is 5.26 Å². The van der Waals surface area contributed by atoms with Gasteiger partial charge in [0.25, 0.3) is 0 Å². The quantitative estimate of drug-likeness (QED) is 0.271. The van der Waals surface area contributed by atoms with Gasteiger partial charge < -0.3 is 15.7 Å². The lowest BCUT2D eigenvalue weighted by Gasteiger charge is -2.02. The molecule has 0 radical (unpaired) electrons. The molecule has 0 fully saturated rings. The zero-order valence-corrected chi connectivity index (χ0v) is 7.04. The smallest absolute Gasteiger partial charge is 0.310 e. The molecule has 72 valence electrons. The molecule has 6 heteroatoms. The summed E-state index contributed by atoms with van der Waals surface area (Å²) < 4.78 is 0. The molecule has 0 aromatic rings. The normalized spacial score (nSPS) is 8.62. The Balaban J connectivity index is 3.59. The first-order chi connectivity index (χ1) is 6.22. The topological polar surface area (TPSA) is 102 Å². The van der Waals surface area contributed by atoms with E-state index < -0.39 is 11.8 Å². The van der Waals surface area contributed by atoms with Crippen LogP contribution in [-0.4, -0.2) is 36.6 Å². The Morgan fingerprint density at radius 3 is 2.46 bits per heavy atom.